The number of carbonyl (C=O) groups is 2. The molecule has 1 amide bonds. The van der Waals surface area contributed by atoms with Gasteiger partial charge in [0.1, 0.15) is 5.75 Å². The molecule has 0 aliphatic carbocycles. The summed E-state index contributed by atoms with van der Waals surface area (Å²) >= 11 is 0.419. The molecule has 5 nitrogen and oxygen atoms in total. The predicted molar refractivity (Wildman–Crippen MR) is 99.3 cm³/mol. The first-order chi connectivity index (χ1) is 12.9. The number of carbonyl (C=O) groups excluding carboxylic acids is 2. The third-order valence-electron chi connectivity index (χ3n) is 3.50. The van der Waals surface area contributed by atoms with Gasteiger partial charge in [0, 0.05) is 16.1 Å². The fourth-order valence-electron chi connectivity index (χ4n) is 2.31. The van der Waals surface area contributed by atoms with Crippen LogP contribution in [0.25, 0.3) is 0 Å². The Kier molecular flexibility index (Phi) is 7.60. The van der Waals surface area contributed by atoms with Gasteiger partial charge in [-0.15, -0.1) is 0 Å². The smallest absolute Gasteiger partial charge is 0.310 e. The first-order valence-corrected chi connectivity index (χ1v) is 8.89. The molecule has 0 heterocycles. The zero-order valence-electron chi connectivity index (χ0n) is 14.8. The predicted octanol–water partition coefficient (Wildman–Crippen LogP) is 4.04. The summed E-state index contributed by atoms with van der Waals surface area (Å²) in [6, 6.07) is 11.4. The highest BCUT2D eigenvalue weighted by Crippen LogP contribution is 2.26. The summed E-state index contributed by atoms with van der Waals surface area (Å²) in [5.41, 5.74) is 2.08. The van der Waals surface area contributed by atoms with E-state index in [0.29, 0.717) is 33.7 Å². The molecule has 2 aromatic rings. The van der Waals surface area contributed by atoms with Gasteiger partial charge < -0.3 is 14.8 Å². The Labute approximate surface area is 160 Å². The second-order valence-electron chi connectivity index (χ2n) is 5.60. The number of esters is 1. The van der Waals surface area contributed by atoms with Crippen LogP contribution >= 0.6 is 11.8 Å². The van der Waals surface area contributed by atoms with Crippen LogP contribution in [-0.2, 0) is 20.7 Å². The van der Waals surface area contributed by atoms with Crippen molar-refractivity contribution in [2.75, 3.05) is 19.0 Å². The van der Waals surface area contributed by atoms with Crippen molar-refractivity contribution in [2.24, 2.45) is 0 Å². The Morgan fingerprint density at radius 3 is 2.48 bits per heavy atom. The number of hydrogen-bond donors (Lipinski definition) is 1. The van der Waals surface area contributed by atoms with Gasteiger partial charge >= 0.3 is 5.97 Å². The van der Waals surface area contributed by atoms with Gasteiger partial charge in [0.15, 0.2) is 6.61 Å². The van der Waals surface area contributed by atoms with E-state index in [1.807, 2.05) is 19.1 Å². The molecule has 0 fully saturated rings. The van der Waals surface area contributed by atoms with Crippen molar-refractivity contribution in [1.29, 1.82) is 0 Å². The number of nitrogens with one attached hydrogen (secondary N) is 1. The molecule has 8 heteroatoms. The van der Waals surface area contributed by atoms with E-state index in [4.69, 9.17) is 9.47 Å². The van der Waals surface area contributed by atoms with Gasteiger partial charge in [0.05, 0.1) is 13.5 Å². The molecule has 0 bridgehead atoms. The fraction of sp³-hybridized carbons (Fsp3) is 0.263. The van der Waals surface area contributed by atoms with Crippen molar-refractivity contribution >= 4 is 29.3 Å². The minimum atomic E-state index is -2.50. The number of alkyl halides is 2. The van der Waals surface area contributed by atoms with Crippen LogP contribution in [0.3, 0.4) is 0 Å². The van der Waals surface area contributed by atoms with Gasteiger partial charge in [-0.1, -0.05) is 29.5 Å². The van der Waals surface area contributed by atoms with Crippen LogP contribution in [0, 0.1) is 6.92 Å². The molecule has 2 aromatic carbocycles. The Morgan fingerprint density at radius 1 is 1.15 bits per heavy atom. The molecule has 0 aliphatic rings. The Hall–Kier alpha value is -2.61. The lowest BCUT2D eigenvalue weighted by Gasteiger charge is -2.10. The molecule has 0 saturated heterocycles. The molecule has 27 heavy (non-hydrogen) atoms. The molecule has 0 saturated carbocycles. The fourth-order valence-corrected chi connectivity index (χ4v) is 2.81. The minimum Gasteiger partial charge on any atom is -0.496 e. The highest BCUT2D eigenvalue weighted by atomic mass is 32.2. The van der Waals surface area contributed by atoms with Crippen LogP contribution < -0.4 is 10.1 Å². The van der Waals surface area contributed by atoms with Crippen LogP contribution in [0.5, 0.6) is 5.75 Å². The van der Waals surface area contributed by atoms with Crippen LogP contribution in [0.2, 0.25) is 0 Å². The number of aryl methyl sites for hydroxylation is 1. The summed E-state index contributed by atoms with van der Waals surface area (Å²) in [5, 5.41) is 2.54. The van der Waals surface area contributed by atoms with Crippen molar-refractivity contribution in [3.05, 3.63) is 53.6 Å². The van der Waals surface area contributed by atoms with Gasteiger partial charge in [0.2, 0.25) is 0 Å². The average molecular weight is 395 g/mol. The number of rotatable bonds is 8. The van der Waals surface area contributed by atoms with Crippen molar-refractivity contribution in [2.45, 2.75) is 24.0 Å². The Balaban J connectivity index is 1.83. The highest BCUT2D eigenvalue weighted by Gasteiger charge is 2.13. The molecular weight excluding hydrogens is 376 g/mol. The van der Waals surface area contributed by atoms with Gasteiger partial charge in [-0.3, -0.25) is 9.59 Å². The third kappa shape index (κ3) is 6.90. The summed E-state index contributed by atoms with van der Waals surface area (Å²) in [5.74, 6) is -3.01. The van der Waals surface area contributed by atoms with Gasteiger partial charge in [-0.05, 0) is 37.3 Å². The first kappa shape index (κ1) is 20.7. The number of ether oxygens (including phenoxy) is 2. The van der Waals surface area contributed by atoms with Gasteiger partial charge in [-0.25, -0.2) is 0 Å². The normalized spacial score (nSPS) is 10.6. The third-order valence-corrected chi connectivity index (χ3v) is 4.22. The average Bonchev–Trinajstić information content (AvgIpc) is 2.61. The summed E-state index contributed by atoms with van der Waals surface area (Å²) in [6.45, 7) is 1.45. The van der Waals surface area contributed by atoms with E-state index in [9.17, 15) is 18.4 Å². The lowest BCUT2D eigenvalue weighted by Crippen LogP contribution is -2.21. The second kappa shape index (κ2) is 9.91. The lowest BCUT2D eigenvalue weighted by atomic mass is 10.1. The van der Waals surface area contributed by atoms with Crippen LogP contribution in [0.15, 0.2) is 47.4 Å². The maximum Gasteiger partial charge on any atom is 0.310 e. The molecule has 0 atom stereocenters. The van der Waals surface area contributed by atoms with Crippen molar-refractivity contribution < 1.29 is 27.8 Å². The van der Waals surface area contributed by atoms with Crippen molar-refractivity contribution in [3.8, 4) is 5.75 Å². The molecule has 2 rings (SSSR count). The number of halogens is 2. The van der Waals surface area contributed by atoms with Crippen LogP contribution in [0.4, 0.5) is 14.5 Å². The molecule has 0 unspecified atom stereocenters. The number of amides is 1. The van der Waals surface area contributed by atoms with Crippen LogP contribution in [0.1, 0.15) is 11.1 Å². The second-order valence-corrected chi connectivity index (χ2v) is 6.67. The van der Waals surface area contributed by atoms with E-state index < -0.39 is 24.2 Å². The first-order valence-electron chi connectivity index (χ1n) is 8.01. The standard InChI is InChI=1S/C19H19F2NO4S/c1-12-3-8-16(25-2)13(9-12)10-18(24)26-11-17(23)22-14-4-6-15(7-5-14)27-19(20)21/h3-9,19H,10-11H2,1-2H3,(H,22,23). The SMILES string of the molecule is COc1ccc(C)cc1CC(=O)OCC(=O)Nc1ccc(SC(F)F)cc1. The molecule has 0 aliphatic heterocycles. The molecule has 1 N–H and O–H groups in total. The minimum absolute atomic E-state index is 0.0162. The van der Waals surface area contributed by atoms with E-state index >= 15 is 0 Å². The van der Waals surface area contributed by atoms with E-state index in [0.717, 1.165) is 5.56 Å². The molecule has 0 spiro atoms. The topological polar surface area (TPSA) is 64.6 Å². The largest absolute Gasteiger partial charge is 0.496 e. The number of benzene rings is 2. The van der Waals surface area contributed by atoms with E-state index in [-0.39, 0.29) is 6.42 Å². The summed E-state index contributed by atoms with van der Waals surface area (Å²) < 4.78 is 34.7. The summed E-state index contributed by atoms with van der Waals surface area (Å²) in [7, 11) is 1.51. The zero-order valence-corrected chi connectivity index (χ0v) is 15.6. The number of methoxy groups -OCH3 is 1. The molecule has 0 radical (unpaired) electrons. The summed E-state index contributed by atoms with van der Waals surface area (Å²) in [6.07, 6.45) is -0.0162. The maximum absolute atomic E-state index is 12.3. The van der Waals surface area contributed by atoms with E-state index in [2.05, 4.69) is 5.32 Å². The monoisotopic (exact) mass is 395 g/mol. The molecule has 0 aromatic heterocycles. The maximum atomic E-state index is 12.3. The quantitative estimate of drug-likeness (QED) is 0.540. The van der Waals surface area contributed by atoms with Gasteiger partial charge in [0.25, 0.3) is 11.7 Å². The van der Waals surface area contributed by atoms with Gasteiger partial charge in [-0.2, -0.15) is 8.78 Å². The number of anilines is 1. The van der Waals surface area contributed by atoms with E-state index in [1.165, 1.54) is 31.4 Å². The highest BCUT2D eigenvalue weighted by molar-refractivity contribution is 7.99. The zero-order chi connectivity index (χ0) is 19.8. The Morgan fingerprint density at radius 2 is 1.85 bits per heavy atom. The number of hydrogen-bond acceptors (Lipinski definition) is 5. The Bertz CT molecular complexity index is 797. The number of thioether (sulfide) groups is 1. The van der Waals surface area contributed by atoms with Crippen molar-refractivity contribution in [1.82, 2.24) is 0 Å². The summed E-state index contributed by atoms with van der Waals surface area (Å²) in [4.78, 5) is 24.2. The molecular formula is C19H19F2NO4S. The van der Waals surface area contributed by atoms with Crippen LogP contribution in [-0.4, -0.2) is 31.4 Å². The van der Waals surface area contributed by atoms with Crippen molar-refractivity contribution in [3.63, 3.8) is 0 Å². The lowest BCUT2D eigenvalue weighted by molar-refractivity contribution is -0.146. The molecule has 144 valence electrons. The van der Waals surface area contributed by atoms with E-state index in [1.54, 1.807) is 6.07 Å².